The van der Waals surface area contributed by atoms with Crippen LogP contribution in [0.2, 0.25) is 0 Å². The largest absolute Gasteiger partial charge is 0.423 e. The lowest BCUT2D eigenvalue weighted by Gasteiger charge is -2.37. The molecule has 1 unspecified atom stereocenters. The molecule has 0 spiro atoms. The van der Waals surface area contributed by atoms with Crippen LogP contribution >= 0.6 is 15.9 Å². The highest BCUT2D eigenvalue weighted by molar-refractivity contribution is 9.10. The van der Waals surface area contributed by atoms with Crippen LogP contribution in [0.1, 0.15) is 5.56 Å². The first kappa shape index (κ1) is 14.9. The third-order valence-corrected chi connectivity index (χ3v) is 3.20. The average molecular weight is 356 g/mol. The highest BCUT2D eigenvalue weighted by Gasteiger charge is 2.69. The van der Waals surface area contributed by atoms with E-state index in [1.807, 2.05) is 0 Å². The van der Waals surface area contributed by atoms with Gasteiger partial charge < -0.3 is 5.32 Å². The summed E-state index contributed by atoms with van der Waals surface area (Å²) in [6.45, 7) is 0. The van der Waals surface area contributed by atoms with E-state index in [1.165, 1.54) is 0 Å². The third kappa shape index (κ3) is 2.19. The van der Waals surface area contributed by atoms with Gasteiger partial charge in [0.2, 0.25) is 5.54 Å². The molecule has 0 saturated carbocycles. The van der Waals surface area contributed by atoms with Crippen molar-refractivity contribution >= 4 is 22.3 Å². The van der Waals surface area contributed by atoms with E-state index in [1.54, 1.807) is 0 Å². The summed E-state index contributed by atoms with van der Waals surface area (Å²) in [7, 11) is 0. The van der Waals surface area contributed by atoms with Gasteiger partial charge in [0.15, 0.2) is 0 Å². The summed E-state index contributed by atoms with van der Waals surface area (Å²) in [5.41, 5.74) is -4.48. The van der Waals surface area contributed by atoms with E-state index in [0.29, 0.717) is 12.4 Å². The maximum Gasteiger partial charge on any atom is 0.423 e. The van der Waals surface area contributed by atoms with Crippen LogP contribution in [0.5, 0.6) is 0 Å². The summed E-state index contributed by atoms with van der Waals surface area (Å²) < 4.78 is 68.4. The predicted molar refractivity (Wildman–Crippen MR) is 65.4 cm³/mol. The minimum Gasteiger partial charge on any atom is -0.353 e. The first-order chi connectivity index (χ1) is 9.21. The Labute approximate surface area is 118 Å². The molecule has 3 nitrogen and oxygen atoms in total. The van der Waals surface area contributed by atoms with Crippen LogP contribution in [0.25, 0.3) is 0 Å². The number of nitrogens with zero attached hydrogens (tertiary/aromatic N) is 2. The first-order valence-corrected chi connectivity index (χ1v) is 6.04. The lowest BCUT2D eigenvalue weighted by atomic mass is 9.86. The molecule has 2 rings (SSSR count). The van der Waals surface area contributed by atoms with Crippen molar-refractivity contribution in [1.82, 2.24) is 10.3 Å². The van der Waals surface area contributed by atoms with Gasteiger partial charge in [-0.1, -0.05) is 0 Å². The molecule has 1 aliphatic rings. The van der Waals surface area contributed by atoms with E-state index in [-0.39, 0.29) is 4.60 Å². The number of aliphatic imine (C=N–C) groups is 1. The zero-order chi connectivity index (χ0) is 15.0. The Bertz CT molecular complexity index is 555. The second-order valence-corrected chi connectivity index (χ2v) is 4.78. The normalized spacial score (nSPS) is 22.7. The maximum absolute atomic E-state index is 14.4. The van der Waals surface area contributed by atoms with Crippen molar-refractivity contribution < 1.29 is 22.0 Å². The van der Waals surface area contributed by atoms with Gasteiger partial charge in [0, 0.05) is 18.0 Å². The number of alkyl halides is 5. The van der Waals surface area contributed by atoms with E-state index in [0.717, 1.165) is 24.5 Å². The van der Waals surface area contributed by atoms with Gasteiger partial charge in [-0.05, 0) is 34.1 Å². The average Bonchev–Trinajstić information content (AvgIpc) is 2.38. The number of pyridine rings is 1. The van der Waals surface area contributed by atoms with Crippen molar-refractivity contribution in [3.8, 4) is 0 Å². The standard InChI is InChI=1S/C11H7BrF5N3/c12-8-5-7(1-3-19-8)10(13,14)9(11(15,16)17)2-4-18-6-20-9/h1-6H,(H,18,20). The molecule has 1 aromatic heterocycles. The quantitative estimate of drug-likeness (QED) is 0.652. The van der Waals surface area contributed by atoms with Crippen LogP contribution in [0, 0.1) is 0 Å². The van der Waals surface area contributed by atoms with Crippen molar-refractivity contribution in [1.29, 1.82) is 0 Å². The summed E-state index contributed by atoms with van der Waals surface area (Å²) in [5.74, 6) is -4.29. The van der Waals surface area contributed by atoms with E-state index in [9.17, 15) is 22.0 Å². The van der Waals surface area contributed by atoms with Crippen molar-refractivity contribution in [2.45, 2.75) is 17.6 Å². The molecule has 1 atom stereocenters. The predicted octanol–water partition coefficient (Wildman–Crippen LogP) is 3.38. The molecule has 20 heavy (non-hydrogen) atoms. The van der Waals surface area contributed by atoms with Gasteiger partial charge in [0.05, 0.1) is 6.34 Å². The summed E-state index contributed by atoms with van der Waals surface area (Å²) in [6.07, 6.45) is -2.59. The zero-order valence-corrected chi connectivity index (χ0v) is 11.2. The minimum atomic E-state index is -5.26. The van der Waals surface area contributed by atoms with Gasteiger partial charge in [-0.3, -0.25) is 0 Å². The van der Waals surface area contributed by atoms with Crippen LogP contribution < -0.4 is 5.32 Å². The smallest absolute Gasteiger partial charge is 0.353 e. The van der Waals surface area contributed by atoms with Gasteiger partial charge in [-0.2, -0.15) is 22.0 Å². The van der Waals surface area contributed by atoms with E-state index < -0.39 is 23.2 Å². The fourth-order valence-corrected chi connectivity index (χ4v) is 2.11. The van der Waals surface area contributed by atoms with E-state index >= 15 is 0 Å². The molecule has 0 aromatic carbocycles. The molecule has 0 radical (unpaired) electrons. The number of aromatic nitrogens is 1. The summed E-state index contributed by atoms with van der Waals surface area (Å²) >= 11 is 2.85. The molecular formula is C11H7BrF5N3. The third-order valence-electron chi connectivity index (χ3n) is 2.76. The van der Waals surface area contributed by atoms with Crippen LogP contribution in [0.15, 0.2) is 40.2 Å². The second-order valence-electron chi connectivity index (χ2n) is 3.96. The maximum atomic E-state index is 14.4. The molecule has 0 bridgehead atoms. The van der Waals surface area contributed by atoms with Crippen LogP contribution in [0.3, 0.4) is 0 Å². The fourth-order valence-electron chi connectivity index (χ4n) is 1.74. The number of halogens is 6. The number of nitrogens with one attached hydrogen (secondary N) is 1. The first-order valence-electron chi connectivity index (χ1n) is 5.25. The molecule has 0 fully saturated rings. The Kier molecular flexibility index (Phi) is 3.57. The SMILES string of the molecule is FC(F)(F)C1(C(F)(F)c2ccnc(Br)c2)C=CNC=N1. The Hall–Kier alpha value is -1.51. The lowest BCUT2D eigenvalue weighted by Crippen LogP contribution is -2.55. The Morgan fingerprint density at radius 1 is 1.20 bits per heavy atom. The van der Waals surface area contributed by atoms with Crippen LogP contribution in [0.4, 0.5) is 22.0 Å². The molecule has 108 valence electrons. The molecule has 1 aromatic rings. The van der Waals surface area contributed by atoms with Crippen molar-refractivity contribution in [3.63, 3.8) is 0 Å². The highest BCUT2D eigenvalue weighted by atomic mass is 79.9. The molecule has 9 heteroatoms. The van der Waals surface area contributed by atoms with Crippen LogP contribution in [-0.2, 0) is 5.92 Å². The molecule has 0 aliphatic carbocycles. The van der Waals surface area contributed by atoms with Gasteiger partial charge in [-0.15, -0.1) is 0 Å². The molecule has 0 saturated heterocycles. The Balaban J connectivity index is 2.62. The van der Waals surface area contributed by atoms with E-state index in [4.69, 9.17) is 0 Å². The van der Waals surface area contributed by atoms with Crippen molar-refractivity contribution in [2.24, 2.45) is 4.99 Å². The van der Waals surface area contributed by atoms with Crippen LogP contribution in [-0.4, -0.2) is 23.0 Å². The topological polar surface area (TPSA) is 37.3 Å². The van der Waals surface area contributed by atoms with E-state index in [2.05, 4.69) is 31.2 Å². The summed E-state index contributed by atoms with van der Waals surface area (Å²) in [5, 5.41) is 2.22. The number of hydrogen-bond donors (Lipinski definition) is 1. The minimum absolute atomic E-state index is 0.00823. The molecule has 1 N–H and O–H groups in total. The number of rotatable bonds is 2. The fraction of sp³-hybridized carbons (Fsp3) is 0.273. The lowest BCUT2D eigenvalue weighted by molar-refractivity contribution is -0.239. The number of hydrogen-bond acceptors (Lipinski definition) is 3. The van der Waals surface area contributed by atoms with Gasteiger partial charge in [0.25, 0.3) is 0 Å². The highest BCUT2D eigenvalue weighted by Crippen LogP contribution is 2.51. The second kappa shape index (κ2) is 4.80. The summed E-state index contributed by atoms with van der Waals surface area (Å²) in [4.78, 5) is 6.59. The van der Waals surface area contributed by atoms with Gasteiger partial charge >= 0.3 is 12.1 Å². The molecule has 0 amide bonds. The molecule has 1 aliphatic heterocycles. The van der Waals surface area contributed by atoms with Gasteiger partial charge in [0.1, 0.15) is 4.60 Å². The Morgan fingerprint density at radius 2 is 1.90 bits per heavy atom. The summed E-state index contributed by atoms with van der Waals surface area (Å²) in [6, 6.07) is 1.66. The van der Waals surface area contributed by atoms with Crippen molar-refractivity contribution in [3.05, 3.63) is 40.8 Å². The van der Waals surface area contributed by atoms with Gasteiger partial charge in [-0.25, -0.2) is 9.98 Å². The molecule has 2 heterocycles. The molecular weight excluding hydrogens is 349 g/mol. The Morgan fingerprint density at radius 3 is 2.40 bits per heavy atom. The zero-order valence-electron chi connectivity index (χ0n) is 9.63. The van der Waals surface area contributed by atoms with Crippen molar-refractivity contribution in [2.75, 3.05) is 0 Å². The monoisotopic (exact) mass is 355 g/mol.